The molecule has 0 radical (unpaired) electrons. The largest absolute Gasteiger partial charge is 0.477 e. The standard InChI is InChI=1S/C14H20N2O2S/c1-8-3-4-9(2)16(7-8)14-15-11(10-5-6-10)12(19-14)13(17)18/h8-10H,3-7H2,1-2H3,(H,17,18). The van der Waals surface area contributed by atoms with Gasteiger partial charge in [-0.15, -0.1) is 0 Å². The molecule has 2 atom stereocenters. The monoisotopic (exact) mass is 280 g/mol. The van der Waals surface area contributed by atoms with Gasteiger partial charge in [-0.05, 0) is 38.5 Å². The van der Waals surface area contributed by atoms with E-state index in [1.807, 2.05) is 0 Å². The van der Waals surface area contributed by atoms with Gasteiger partial charge in [0.1, 0.15) is 4.88 Å². The molecule has 1 aromatic heterocycles. The molecule has 0 aromatic carbocycles. The first-order chi connectivity index (χ1) is 9.06. The van der Waals surface area contributed by atoms with Crippen molar-refractivity contribution in [1.82, 2.24) is 4.98 Å². The summed E-state index contributed by atoms with van der Waals surface area (Å²) in [6, 6.07) is 0.469. The number of carboxylic acids is 1. The number of hydrogen-bond donors (Lipinski definition) is 1. The fourth-order valence-electron chi connectivity index (χ4n) is 2.78. The van der Waals surface area contributed by atoms with Crippen LogP contribution in [-0.2, 0) is 0 Å². The Bertz CT molecular complexity index is 496. The molecule has 2 fully saturated rings. The van der Waals surface area contributed by atoms with E-state index in [4.69, 9.17) is 0 Å². The number of thiazole rings is 1. The van der Waals surface area contributed by atoms with Crippen LogP contribution < -0.4 is 4.90 Å². The van der Waals surface area contributed by atoms with E-state index in [1.54, 1.807) is 0 Å². The molecule has 0 amide bonds. The summed E-state index contributed by atoms with van der Waals surface area (Å²) in [7, 11) is 0. The lowest BCUT2D eigenvalue weighted by Crippen LogP contribution is -2.41. The van der Waals surface area contributed by atoms with Gasteiger partial charge in [-0.3, -0.25) is 0 Å². The van der Waals surface area contributed by atoms with Gasteiger partial charge in [-0.25, -0.2) is 9.78 Å². The van der Waals surface area contributed by atoms with Gasteiger partial charge in [-0.2, -0.15) is 0 Å². The van der Waals surface area contributed by atoms with Gasteiger partial charge in [0.05, 0.1) is 5.69 Å². The van der Waals surface area contributed by atoms with E-state index in [0.29, 0.717) is 22.8 Å². The topological polar surface area (TPSA) is 53.4 Å². The summed E-state index contributed by atoms with van der Waals surface area (Å²) in [5.74, 6) is 0.245. The SMILES string of the molecule is CC1CCC(C)N(c2nc(C3CC3)c(C(=O)O)s2)C1. The predicted octanol–water partition coefficient (Wildman–Crippen LogP) is 3.34. The third-order valence-electron chi connectivity index (χ3n) is 4.16. The zero-order valence-corrected chi connectivity index (χ0v) is 12.2. The molecule has 1 aromatic rings. The van der Waals surface area contributed by atoms with Crippen molar-refractivity contribution in [3.8, 4) is 0 Å². The van der Waals surface area contributed by atoms with Gasteiger partial charge >= 0.3 is 5.97 Å². The maximum absolute atomic E-state index is 11.3. The fourth-order valence-corrected chi connectivity index (χ4v) is 3.89. The maximum Gasteiger partial charge on any atom is 0.347 e. The van der Waals surface area contributed by atoms with Crippen molar-refractivity contribution in [3.63, 3.8) is 0 Å². The quantitative estimate of drug-likeness (QED) is 0.922. The Morgan fingerprint density at radius 1 is 1.32 bits per heavy atom. The molecule has 3 rings (SSSR count). The second-order valence-electron chi connectivity index (χ2n) is 5.97. The fraction of sp³-hybridized carbons (Fsp3) is 0.714. The number of aromatic carboxylic acids is 1. The molecule has 1 aliphatic carbocycles. The molecular weight excluding hydrogens is 260 g/mol. The Hall–Kier alpha value is -1.10. The van der Waals surface area contributed by atoms with Crippen LogP contribution in [0.3, 0.4) is 0 Å². The summed E-state index contributed by atoms with van der Waals surface area (Å²) < 4.78 is 0. The second kappa shape index (κ2) is 4.78. The number of carboxylic acid groups (broad SMARTS) is 1. The van der Waals surface area contributed by atoms with Crippen LogP contribution in [0.15, 0.2) is 0 Å². The van der Waals surface area contributed by atoms with Gasteiger partial charge in [0, 0.05) is 18.5 Å². The Morgan fingerprint density at radius 2 is 2.05 bits per heavy atom. The van der Waals surface area contributed by atoms with Gasteiger partial charge < -0.3 is 10.0 Å². The molecule has 5 heteroatoms. The molecule has 1 aliphatic heterocycles. The highest BCUT2D eigenvalue weighted by atomic mass is 32.1. The summed E-state index contributed by atoms with van der Waals surface area (Å²) in [6.07, 6.45) is 4.61. The van der Waals surface area contributed by atoms with Crippen LogP contribution in [0, 0.1) is 5.92 Å². The molecule has 2 heterocycles. The molecule has 4 nitrogen and oxygen atoms in total. The lowest BCUT2D eigenvalue weighted by atomic mass is 9.96. The first-order valence-corrected chi connectivity index (χ1v) is 7.88. The van der Waals surface area contributed by atoms with Crippen molar-refractivity contribution >= 4 is 22.4 Å². The smallest absolute Gasteiger partial charge is 0.347 e. The minimum absolute atomic E-state index is 0.397. The highest BCUT2D eigenvalue weighted by molar-refractivity contribution is 7.17. The van der Waals surface area contributed by atoms with E-state index >= 15 is 0 Å². The van der Waals surface area contributed by atoms with E-state index in [0.717, 1.165) is 30.2 Å². The minimum Gasteiger partial charge on any atom is -0.477 e. The number of carbonyl (C=O) groups is 1. The van der Waals surface area contributed by atoms with Gasteiger partial charge in [0.2, 0.25) is 0 Å². The first kappa shape index (κ1) is 12.9. The van der Waals surface area contributed by atoms with Crippen molar-refractivity contribution < 1.29 is 9.90 Å². The van der Waals surface area contributed by atoms with Crippen LogP contribution in [0.25, 0.3) is 0 Å². The molecule has 0 spiro atoms. The third-order valence-corrected chi connectivity index (χ3v) is 5.26. The van der Waals surface area contributed by atoms with Crippen molar-refractivity contribution in [3.05, 3.63) is 10.6 Å². The van der Waals surface area contributed by atoms with Crippen molar-refractivity contribution in [2.45, 2.75) is 51.5 Å². The molecule has 1 saturated heterocycles. The van der Waals surface area contributed by atoms with Gasteiger partial charge in [0.25, 0.3) is 0 Å². The Kier molecular flexibility index (Phi) is 3.25. The molecule has 0 bridgehead atoms. The molecule has 2 unspecified atom stereocenters. The van der Waals surface area contributed by atoms with E-state index in [2.05, 4.69) is 23.7 Å². The summed E-state index contributed by atoms with van der Waals surface area (Å²) in [5.41, 5.74) is 0.831. The van der Waals surface area contributed by atoms with E-state index in [-0.39, 0.29) is 0 Å². The van der Waals surface area contributed by atoms with Crippen LogP contribution in [0.5, 0.6) is 0 Å². The molecule has 1 N–H and O–H groups in total. The lowest BCUT2D eigenvalue weighted by molar-refractivity contribution is 0.0700. The number of anilines is 1. The number of piperidine rings is 1. The number of nitrogens with zero attached hydrogens (tertiary/aromatic N) is 2. The van der Waals surface area contributed by atoms with Crippen molar-refractivity contribution in [2.75, 3.05) is 11.4 Å². The third kappa shape index (κ3) is 2.48. The number of hydrogen-bond acceptors (Lipinski definition) is 4. The Morgan fingerprint density at radius 3 is 2.68 bits per heavy atom. The first-order valence-electron chi connectivity index (χ1n) is 7.07. The lowest BCUT2D eigenvalue weighted by Gasteiger charge is -2.36. The highest BCUT2D eigenvalue weighted by Crippen LogP contribution is 2.44. The molecule has 2 aliphatic rings. The normalized spacial score (nSPS) is 27.6. The van der Waals surface area contributed by atoms with Crippen LogP contribution in [0.2, 0.25) is 0 Å². The van der Waals surface area contributed by atoms with E-state index in [1.165, 1.54) is 24.2 Å². The van der Waals surface area contributed by atoms with Gasteiger partial charge in [-0.1, -0.05) is 18.3 Å². The Labute approximate surface area is 117 Å². The second-order valence-corrected chi connectivity index (χ2v) is 6.95. The molecule has 1 saturated carbocycles. The highest BCUT2D eigenvalue weighted by Gasteiger charge is 2.34. The Balaban J connectivity index is 1.91. The molecular formula is C14H20N2O2S. The van der Waals surface area contributed by atoms with Crippen molar-refractivity contribution in [2.24, 2.45) is 5.92 Å². The molecule has 19 heavy (non-hydrogen) atoms. The number of rotatable bonds is 3. The minimum atomic E-state index is -0.816. The van der Waals surface area contributed by atoms with Crippen LogP contribution in [0.1, 0.15) is 60.8 Å². The average molecular weight is 280 g/mol. The van der Waals surface area contributed by atoms with Crippen LogP contribution >= 0.6 is 11.3 Å². The summed E-state index contributed by atoms with van der Waals surface area (Å²) in [4.78, 5) is 18.8. The van der Waals surface area contributed by atoms with E-state index in [9.17, 15) is 9.90 Å². The van der Waals surface area contributed by atoms with Gasteiger partial charge in [0.15, 0.2) is 5.13 Å². The van der Waals surface area contributed by atoms with Crippen LogP contribution in [-0.4, -0.2) is 28.6 Å². The summed E-state index contributed by atoms with van der Waals surface area (Å²) in [6.45, 7) is 5.47. The zero-order chi connectivity index (χ0) is 13.6. The van der Waals surface area contributed by atoms with Crippen LogP contribution in [0.4, 0.5) is 5.13 Å². The van der Waals surface area contributed by atoms with E-state index < -0.39 is 5.97 Å². The van der Waals surface area contributed by atoms with Crippen molar-refractivity contribution in [1.29, 1.82) is 0 Å². The zero-order valence-electron chi connectivity index (χ0n) is 11.4. The molecule has 104 valence electrons. The predicted molar refractivity (Wildman–Crippen MR) is 76.3 cm³/mol. The average Bonchev–Trinajstić information content (AvgIpc) is 3.11. The maximum atomic E-state index is 11.3. The summed E-state index contributed by atoms with van der Waals surface area (Å²) >= 11 is 1.36. The number of aromatic nitrogens is 1. The summed E-state index contributed by atoms with van der Waals surface area (Å²) in [5, 5.41) is 10.2.